The predicted molar refractivity (Wildman–Crippen MR) is 62.5 cm³/mol. The van der Waals surface area contributed by atoms with Crippen LogP contribution < -0.4 is 0 Å². The van der Waals surface area contributed by atoms with Gasteiger partial charge in [-0.25, -0.2) is 0 Å². The Morgan fingerprint density at radius 3 is 2.59 bits per heavy atom. The van der Waals surface area contributed by atoms with Crippen LogP contribution in [0.1, 0.15) is 12.0 Å². The molecule has 17 heavy (non-hydrogen) atoms. The Morgan fingerprint density at radius 1 is 1.18 bits per heavy atom. The zero-order chi connectivity index (χ0) is 12.1. The van der Waals surface area contributed by atoms with E-state index in [0.717, 1.165) is 5.56 Å². The first-order valence-electron chi connectivity index (χ1n) is 5.86. The Balaban J connectivity index is 1.86. The monoisotopic (exact) mass is 238 g/mol. The van der Waals surface area contributed by atoms with Gasteiger partial charge in [0.05, 0.1) is 32.0 Å². The number of hydrogen-bond donors (Lipinski definition) is 2. The van der Waals surface area contributed by atoms with E-state index in [1.807, 2.05) is 30.3 Å². The largest absolute Gasteiger partial charge is 0.394 e. The van der Waals surface area contributed by atoms with Crippen molar-refractivity contribution in [2.24, 2.45) is 0 Å². The molecule has 94 valence electrons. The summed E-state index contributed by atoms with van der Waals surface area (Å²) in [5, 5.41) is 18.2. The molecule has 0 bridgehead atoms. The summed E-state index contributed by atoms with van der Waals surface area (Å²) in [5.74, 6) is 0. The summed E-state index contributed by atoms with van der Waals surface area (Å²) < 4.78 is 11.2. The lowest BCUT2D eigenvalue weighted by Crippen LogP contribution is -2.27. The first-order chi connectivity index (χ1) is 8.33. The lowest BCUT2D eigenvalue weighted by Gasteiger charge is -2.16. The number of ether oxygens (including phenoxy) is 2. The van der Waals surface area contributed by atoms with Crippen LogP contribution in [0.15, 0.2) is 30.3 Å². The smallest absolute Gasteiger partial charge is 0.107 e. The van der Waals surface area contributed by atoms with E-state index in [-0.39, 0.29) is 31.5 Å². The minimum atomic E-state index is -0.323. The third kappa shape index (κ3) is 3.26. The molecular formula is C13H18O4. The molecule has 0 aromatic heterocycles. The number of aliphatic hydroxyl groups is 2. The van der Waals surface area contributed by atoms with E-state index >= 15 is 0 Å². The van der Waals surface area contributed by atoms with Crippen LogP contribution >= 0.6 is 0 Å². The van der Waals surface area contributed by atoms with Gasteiger partial charge >= 0.3 is 0 Å². The lowest BCUT2D eigenvalue weighted by atomic mass is 10.1. The van der Waals surface area contributed by atoms with Gasteiger partial charge in [-0.05, 0) is 5.56 Å². The summed E-state index contributed by atoms with van der Waals surface area (Å²) >= 11 is 0. The molecule has 0 radical (unpaired) electrons. The number of rotatable bonds is 5. The van der Waals surface area contributed by atoms with Crippen molar-refractivity contribution in [2.45, 2.75) is 31.3 Å². The van der Waals surface area contributed by atoms with Gasteiger partial charge in [-0.15, -0.1) is 0 Å². The third-order valence-electron chi connectivity index (χ3n) is 2.97. The van der Waals surface area contributed by atoms with Gasteiger partial charge in [-0.3, -0.25) is 0 Å². The summed E-state index contributed by atoms with van der Waals surface area (Å²) in [6, 6.07) is 9.87. The van der Waals surface area contributed by atoms with Crippen molar-refractivity contribution >= 4 is 0 Å². The second-order valence-electron chi connectivity index (χ2n) is 4.23. The van der Waals surface area contributed by atoms with Gasteiger partial charge in [0.25, 0.3) is 0 Å². The highest BCUT2D eigenvalue weighted by molar-refractivity contribution is 5.13. The SMILES string of the molecule is OC[C@@H]1C[C@@H](OCc2ccccc2)[C@@H](CO)O1. The summed E-state index contributed by atoms with van der Waals surface area (Å²) in [4.78, 5) is 0. The normalized spacial score (nSPS) is 28.5. The van der Waals surface area contributed by atoms with E-state index in [9.17, 15) is 0 Å². The van der Waals surface area contributed by atoms with Gasteiger partial charge in [0.2, 0.25) is 0 Å². The Hall–Kier alpha value is -0.940. The second-order valence-corrected chi connectivity index (χ2v) is 4.23. The zero-order valence-corrected chi connectivity index (χ0v) is 9.66. The van der Waals surface area contributed by atoms with Crippen LogP contribution in [0.3, 0.4) is 0 Å². The van der Waals surface area contributed by atoms with Crippen molar-refractivity contribution in [2.75, 3.05) is 13.2 Å². The van der Waals surface area contributed by atoms with Crippen molar-refractivity contribution in [3.05, 3.63) is 35.9 Å². The fourth-order valence-electron chi connectivity index (χ4n) is 2.03. The molecule has 0 spiro atoms. The summed E-state index contributed by atoms with van der Waals surface area (Å²) in [7, 11) is 0. The molecule has 4 heteroatoms. The molecule has 1 heterocycles. The average Bonchev–Trinajstić information content (AvgIpc) is 2.80. The molecule has 1 aromatic carbocycles. The van der Waals surface area contributed by atoms with Crippen LogP contribution in [-0.4, -0.2) is 41.7 Å². The van der Waals surface area contributed by atoms with E-state index < -0.39 is 0 Å². The fourth-order valence-corrected chi connectivity index (χ4v) is 2.03. The van der Waals surface area contributed by atoms with Crippen molar-refractivity contribution in [3.63, 3.8) is 0 Å². The minimum Gasteiger partial charge on any atom is -0.394 e. The Bertz CT molecular complexity index is 327. The highest BCUT2D eigenvalue weighted by atomic mass is 16.6. The maximum Gasteiger partial charge on any atom is 0.107 e. The average molecular weight is 238 g/mol. The molecule has 2 N–H and O–H groups in total. The Morgan fingerprint density at radius 2 is 1.94 bits per heavy atom. The molecule has 0 aliphatic carbocycles. The predicted octanol–water partition coefficient (Wildman–Crippen LogP) is 0.714. The van der Waals surface area contributed by atoms with Crippen molar-refractivity contribution in [3.8, 4) is 0 Å². The zero-order valence-electron chi connectivity index (χ0n) is 9.66. The third-order valence-corrected chi connectivity index (χ3v) is 2.97. The van der Waals surface area contributed by atoms with Crippen molar-refractivity contribution in [1.82, 2.24) is 0 Å². The molecule has 0 unspecified atom stereocenters. The topological polar surface area (TPSA) is 58.9 Å². The number of benzene rings is 1. The van der Waals surface area contributed by atoms with E-state index in [1.54, 1.807) is 0 Å². The van der Waals surface area contributed by atoms with Gasteiger partial charge in [0, 0.05) is 6.42 Å². The lowest BCUT2D eigenvalue weighted by molar-refractivity contribution is -0.0587. The van der Waals surface area contributed by atoms with E-state index in [0.29, 0.717) is 13.0 Å². The fraction of sp³-hybridized carbons (Fsp3) is 0.538. The van der Waals surface area contributed by atoms with Crippen molar-refractivity contribution < 1.29 is 19.7 Å². The second kappa shape index (κ2) is 6.12. The molecule has 1 fully saturated rings. The quantitative estimate of drug-likeness (QED) is 0.793. The maximum absolute atomic E-state index is 9.16. The number of aliphatic hydroxyl groups excluding tert-OH is 2. The molecule has 4 nitrogen and oxygen atoms in total. The Labute approximate surface area is 101 Å². The van der Waals surface area contributed by atoms with Crippen LogP contribution in [0.4, 0.5) is 0 Å². The van der Waals surface area contributed by atoms with E-state index in [1.165, 1.54) is 0 Å². The Kier molecular flexibility index (Phi) is 4.50. The molecule has 1 aromatic rings. The standard InChI is InChI=1S/C13H18O4/c14-7-11-6-12(13(8-15)17-11)16-9-10-4-2-1-3-5-10/h1-5,11-15H,6-9H2/t11-,12+,13+/m0/s1. The first kappa shape index (κ1) is 12.5. The van der Waals surface area contributed by atoms with Gasteiger partial charge < -0.3 is 19.7 Å². The number of hydrogen-bond acceptors (Lipinski definition) is 4. The molecule has 1 aliphatic rings. The van der Waals surface area contributed by atoms with Crippen LogP contribution in [-0.2, 0) is 16.1 Å². The maximum atomic E-state index is 9.16. The van der Waals surface area contributed by atoms with Crippen LogP contribution in [0, 0.1) is 0 Å². The minimum absolute atomic E-state index is 0.0261. The van der Waals surface area contributed by atoms with Crippen LogP contribution in [0.5, 0.6) is 0 Å². The van der Waals surface area contributed by atoms with E-state index in [4.69, 9.17) is 19.7 Å². The van der Waals surface area contributed by atoms with Gasteiger partial charge in [-0.1, -0.05) is 30.3 Å². The van der Waals surface area contributed by atoms with E-state index in [2.05, 4.69) is 0 Å². The van der Waals surface area contributed by atoms with Gasteiger partial charge in [0.15, 0.2) is 0 Å². The first-order valence-corrected chi connectivity index (χ1v) is 5.86. The van der Waals surface area contributed by atoms with Crippen molar-refractivity contribution in [1.29, 1.82) is 0 Å². The molecule has 0 saturated carbocycles. The molecule has 1 aliphatic heterocycles. The summed E-state index contributed by atoms with van der Waals surface area (Å²) in [5.41, 5.74) is 1.09. The molecule has 3 atom stereocenters. The van der Waals surface area contributed by atoms with Gasteiger partial charge in [-0.2, -0.15) is 0 Å². The molecular weight excluding hydrogens is 220 g/mol. The summed E-state index contributed by atoms with van der Waals surface area (Å²) in [6.45, 7) is 0.404. The highest BCUT2D eigenvalue weighted by Crippen LogP contribution is 2.23. The highest BCUT2D eigenvalue weighted by Gasteiger charge is 2.35. The molecule has 0 amide bonds. The molecule has 1 saturated heterocycles. The summed E-state index contributed by atoms with van der Waals surface area (Å²) in [6.07, 6.45) is -0.0460. The molecule has 2 rings (SSSR count). The van der Waals surface area contributed by atoms with Crippen LogP contribution in [0.25, 0.3) is 0 Å². The van der Waals surface area contributed by atoms with Gasteiger partial charge in [0.1, 0.15) is 6.10 Å². The van der Waals surface area contributed by atoms with Crippen LogP contribution in [0.2, 0.25) is 0 Å².